The van der Waals surface area contributed by atoms with Crippen molar-refractivity contribution in [2.24, 2.45) is 4.99 Å². The van der Waals surface area contributed by atoms with E-state index in [0.717, 1.165) is 18.6 Å². The van der Waals surface area contributed by atoms with Crippen LogP contribution in [0.25, 0.3) is 0 Å². The second-order valence-electron chi connectivity index (χ2n) is 4.31. The van der Waals surface area contributed by atoms with Crippen LogP contribution in [0.1, 0.15) is 25.3 Å². The summed E-state index contributed by atoms with van der Waals surface area (Å²) in [5.41, 5.74) is 0.324. The van der Waals surface area contributed by atoms with Gasteiger partial charge in [0.15, 0.2) is 11.0 Å². The van der Waals surface area contributed by atoms with Crippen molar-refractivity contribution in [3.63, 3.8) is 0 Å². The third-order valence-corrected chi connectivity index (χ3v) is 3.90. The molecule has 5 heteroatoms. The molecule has 1 aliphatic rings. The molecule has 0 aromatic heterocycles. The van der Waals surface area contributed by atoms with E-state index in [-0.39, 0.29) is 11.7 Å². The number of amidine groups is 1. The van der Waals surface area contributed by atoms with Gasteiger partial charge in [0.05, 0.1) is 6.04 Å². The first-order chi connectivity index (χ1) is 8.61. The first kappa shape index (κ1) is 13.3. The fraction of sp³-hybridized carbons (Fsp3) is 0.462. The summed E-state index contributed by atoms with van der Waals surface area (Å²) in [4.78, 5) is 4.44. The Kier molecular flexibility index (Phi) is 4.22. The monoisotopic (exact) mass is 270 g/mol. The molecule has 1 aromatic rings. The van der Waals surface area contributed by atoms with Crippen molar-refractivity contribution in [2.75, 3.05) is 11.1 Å². The standard InChI is InChI=1S/C13H16F2N2S/c1-3-9-6-7-18-13(16-9)17-12-10(14)5-4-8(2)11(12)15/h4-5,9H,3,6-7H2,1-2H3,(H,16,17). The van der Waals surface area contributed by atoms with Gasteiger partial charge in [-0.2, -0.15) is 0 Å². The van der Waals surface area contributed by atoms with Crippen molar-refractivity contribution < 1.29 is 8.78 Å². The number of rotatable bonds is 2. The molecular formula is C13H16F2N2S. The number of benzene rings is 1. The van der Waals surface area contributed by atoms with Crippen LogP contribution in [0.15, 0.2) is 17.1 Å². The Morgan fingerprint density at radius 2 is 2.22 bits per heavy atom. The fourth-order valence-corrected chi connectivity index (χ4v) is 2.78. The summed E-state index contributed by atoms with van der Waals surface area (Å²) in [6.45, 7) is 3.68. The van der Waals surface area contributed by atoms with Crippen LogP contribution in [0.2, 0.25) is 0 Å². The van der Waals surface area contributed by atoms with Gasteiger partial charge in [-0.1, -0.05) is 24.8 Å². The van der Waals surface area contributed by atoms with E-state index in [9.17, 15) is 8.78 Å². The van der Waals surface area contributed by atoms with Gasteiger partial charge in [0, 0.05) is 5.75 Å². The molecule has 0 bridgehead atoms. The summed E-state index contributed by atoms with van der Waals surface area (Å²) in [7, 11) is 0. The zero-order chi connectivity index (χ0) is 13.1. The second-order valence-corrected chi connectivity index (χ2v) is 5.40. The summed E-state index contributed by atoms with van der Waals surface area (Å²) >= 11 is 1.51. The summed E-state index contributed by atoms with van der Waals surface area (Å²) in [5.74, 6) is -0.198. The Bertz CT molecular complexity index is 474. The van der Waals surface area contributed by atoms with Crippen molar-refractivity contribution in [2.45, 2.75) is 32.7 Å². The van der Waals surface area contributed by atoms with Gasteiger partial charge in [-0.05, 0) is 31.4 Å². The van der Waals surface area contributed by atoms with Gasteiger partial charge in [-0.25, -0.2) is 8.78 Å². The molecule has 1 aliphatic heterocycles. The lowest BCUT2D eigenvalue weighted by Crippen LogP contribution is -2.20. The minimum Gasteiger partial charge on any atom is -0.330 e. The molecule has 1 N–H and O–H groups in total. The van der Waals surface area contributed by atoms with Gasteiger partial charge in [0.25, 0.3) is 0 Å². The molecule has 0 aliphatic carbocycles. The van der Waals surface area contributed by atoms with Gasteiger partial charge in [-0.15, -0.1) is 0 Å². The van der Waals surface area contributed by atoms with Gasteiger partial charge in [0.2, 0.25) is 0 Å². The third kappa shape index (κ3) is 2.83. The van der Waals surface area contributed by atoms with E-state index in [1.54, 1.807) is 6.92 Å². The van der Waals surface area contributed by atoms with Crippen molar-refractivity contribution in [1.29, 1.82) is 0 Å². The van der Waals surface area contributed by atoms with E-state index in [4.69, 9.17) is 0 Å². The highest BCUT2D eigenvalue weighted by Crippen LogP contribution is 2.26. The van der Waals surface area contributed by atoms with E-state index in [0.29, 0.717) is 10.7 Å². The summed E-state index contributed by atoms with van der Waals surface area (Å²) < 4.78 is 27.4. The molecule has 18 heavy (non-hydrogen) atoms. The molecule has 1 atom stereocenters. The zero-order valence-electron chi connectivity index (χ0n) is 10.5. The van der Waals surface area contributed by atoms with Crippen LogP contribution in [-0.2, 0) is 0 Å². The Morgan fingerprint density at radius 3 is 2.94 bits per heavy atom. The maximum absolute atomic E-state index is 13.8. The molecule has 1 heterocycles. The van der Waals surface area contributed by atoms with E-state index in [1.165, 1.54) is 23.9 Å². The van der Waals surface area contributed by atoms with Crippen LogP contribution < -0.4 is 5.32 Å². The molecule has 0 saturated heterocycles. The van der Waals surface area contributed by atoms with Crippen molar-refractivity contribution >= 4 is 22.6 Å². The lowest BCUT2D eigenvalue weighted by Gasteiger charge is -2.20. The zero-order valence-corrected chi connectivity index (χ0v) is 11.3. The maximum Gasteiger partial charge on any atom is 0.161 e. The maximum atomic E-state index is 13.8. The van der Waals surface area contributed by atoms with Gasteiger partial charge in [0.1, 0.15) is 11.5 Å². The predicted octanol–water partition coefficient (Wildman–Crippen LogP) is 3.96. The molecule has 0 fully saturated rings. The summed E-state index contributed by atoms with van der Waals surface area (Å²) in [6.07, 6.45) is 1.97. The number of hydrogen-bond acceptors (Lipinski definition) is 3. The molecule has 1 unspecified atom stereocenters. The molecule has 0 spiro atoms. The Labute approximate surface area is 110 Å². The Balaban J connectivity index is 2.24. The van der Waals surface area contributed by atoms with Crippen molar-refractivity contribution in [3.05, 3.63) is 29.3 Å². The topological polar surface area (TPSA) is 24.4 Å². The van der Waals surface area contributed by atoms with Crippen molar-refractivity contribution in [1.82, 2.24) is 0 Å². The number of anilines is 1. The number of nitrogens with one attached hydrogen (secondary N) is 1. The SMILES string of the molecule is CCC1CCSC(Nc2c(F)ccc(C)c2F)=N1. The van der Waals surface area contributed by atoms with Gasteiger partial charge in [-0.3, -0.25) is 4.99 Å². The molecule has 2 nitrogen and oxygen atoms in total. The number of nitrogens with zero attached hydrogens (tertiary/aromatic N) is 1. The summed E-state index contributed by atoms with van der Waals surface area (Å²) in [6, 6.07) is 2.96. The molecule has 1 aromatic carbocycles. The average Bonchev–Trinajstić information content (AvgIpc) is 2.39. The number of aliphatic imine (C=N–C) groups is 1. The van der Waals surface area contributed by atoms with E-state index in [2.05, 4.69) is 17.2 Å². The molecule has 0 radical (unpaired) electrons. The molecule has 2 rings (SSSR count). The summed E-state index contributed by atoms with van der Waals surface area (Å²) in [5, 5.41) is 3.39. The number of thioether (sulfide) groups is 1. The first-order valence-electron chi connectivity index (χ1n) is 6.04. The Morgan fingerprint density at radius 1 is 1.44 bits per heavy atom. The average molecular weight is 270 g/mol. The van der Waals surface area contributed by atoms with Gasteiger partial charge < -0.3 is 5.32 Å². The van der Waals surface area contributed by atoms with Crippen molar-refractivity contribution in [3.8, 4) is 0 Å². The molecule has 0 saturated carbocycles. The van der Waals surface area contributed by atoms with Crippen LogP contribution in [0.5, 0.6) is 0 Å². The second kappa shape index (κ2) is 5.69. The third-order valence-electron chi connectivity index (χ3n) is 2.98. The van der Waals surface area contributed by atoms with Crippen LogP contribution in [0.4, 0.5) is 14.5 Å². The number of hydrogen-bond donors (Lipinski definition) is 1. The highest BCUT2D eigenvalue weighted by atomic mass is 32.2. The Hall–Kier alpha value is -1.10. The van der Waals surface area contributed by atoms with Crippen LogP contribution in [0, 0.1) is 18.6 Å². The lowest BCUT2D eigenvalue weighted by atomic mass is 10.2. The van der Waals surface area contributed by atoms with Gasteiger partial charge >= 0.3 is 0 Å². The molecular weight excluding hydrogens is 254 g/mol. The number of halogens is 2. The van der Waals surface area contributed by atoms with E-state index < -0.39 is 11.6 Å². The van der Waals surface area contributed by atoms with E-state index in [1.807, 2.05) is 0 Å². The minimum atomic E-state index is -0.583. The quantitative estimate of drug-likeness (QED) is 0.879. The number of aryl methyl sites for hydroxylation is 1. The molecule has 98 valence electrons. The van der Waals surface area contributed by atoms with E-state index >= 15 is 0 Å². The first-order valence-corrected chi connectivity index (χ1v) is 7.02. The lowest BCUT2D eigenvalue weighted by molar-refractivity contribution is 0.585. The largest absolute Gasteiger partial charge is 0.330 e. The van der Waals surface area contributed by atoms with Crippen LogP contribution >= 0.6 is 11.8 Å². The highest BCUT2D eigenvalue weighted by Gasteiger charge is 2.18. The van der Waals surface area contributed by atoms with Crippen LogP contribution in [0.3, 0.4) is 0 Å². The normalized spacial score (nSPS) is 19.6. The van der Waals surface area contributed by atoms with Crippen LogP contribution in [-0.4, -0.2) is 17.0 Å². The smallest absolute Gasteiger partial charge is 0.161 e. The fourth-order valence-electron chi connectivity index (χ4n) is 1.80. The predicted molar refractivity (Wildman–Crippen MR) is 73.3 cm³/mol. The minimum absolute atomic E-state index is 0.0991. The molecule has 0 amide bonds. The highest BCUT2D eigenvalue weighted by molar-refractivity contribution is 8.14.